The third-order valence-electron chi connectivity index (χ3n) is 5.14. The molecule has 0 radical (unpaired) electrons. The molecule has 0 heterocycles. The largest absolute Gasteiger partial charge is 0.357 e. The van der Waals surface area contributed by atoms with Crippen LogP contribution in [-0.4, -0.2) is 58.8 Å². The summed E-state index contributed by atoms with van der Waals surface area (Å²) in [5.74, 6) is 1.42. The summed E-state index contributed by atoms with van der Waals surface area (Å²) in [4.78, 5) is 7.34. The summed E-state index contributed by atoms with van der Waals surface area (Å²) < 4.78 is 23.5. The number of nitrogens with zero attached hydrogens (tertiary/aromatic N) is 2. The summed E-state index contributed by atoms with van der Waals surface area (Å²) in [6.07, 6.45) is 3.54. The van der Waals surface area contributed by atoms with Crippen LogP contribution in [0.4, 0.5) is 0 Å². The quantitative estimate of drug-likeness (QED) is 0.458. The van der Waals surface area contributed by atoms with Gasteiger partial charge in [0.2, 0.25) is 0 Å². The second-order valence-corrected chi connectivity index (χ2v) is 9.54. The molecule has 0 aliphatic rings. The number of guanidine groups is 1. The number of rotatable bonds is 10. The highest BCUT2D eigenvalue weighted by Crippen LogP contribution is 2.18. The summed E-state index contributed by atoms with van der Waals surface area (Å²) in [6.45, 7) is 10.5. The Morgan fingerprint density at radius 3 is 2.25 bits per heavy atom. The average Bonchev–Trinajstić information content (AvgIpc) is 2.61. The van der Waals surface area contributed by atoms with Gasteiger partial charge in [-0.15, -0.1) is 0 Å². The van der Waals surface area contributed by atoms with Gasteiger partial charge in [-0.2, -0.15) is 0 Å². The normalized spacial score (nSPS) is 13.8. The fourth-order valence-corrected chi connectivity index (χ4v) is 4.50. The van der Waals surface area contributed by atoms with E-state index in [2.05, 4.69) is 48.5 Å². The van der Waals surface area contributed by atoms with Crippen molar-refractivity contribution in [1.29, 1.82) is 0 Å². The van der Waals surface area contributed by atoms with Gasteiger partial charge in [-0.05, 0) is 51.1 Å². The molecule has 0 saturated heterocycles. The third kappa shape index (κ3) is 7.43. The maximum Gasteiger partial charge on any atom is 0.191 e. The number of aryl methyl sites for hydroxylation is 1. The van der Waals surface area contributed by atoms with Crippen molar-refractivity contribution in [2.75, 3.05) is 33.4 Å². The summed E-state index contributed by atoms with van der Waals surface area (Å²) >= 11 is 0. The molecule has 28 heavy (non-hydrogen) atoms. The van der Waals surface area contributed by atoms with E-state index in [-0.39, 0.29) is 0 Å². The van der Waals surface area contributed by atoms with Crippen LogP contribution in [0, 0.1) is 12.8 Å². The first-order chi connectivity index (χ1) is 13.1. The Morgan fingerprint density at radius 2 is 1.79 bits per heavy atom. The lowest BCUT2D eigenvalue weighted by Gasteiger charge is -2.32. The Morgan fingerprint density at radius 1 is 1.14 bits per heavy atom. The molecule has 1 unspecified atom stereocenters. The third-order valence-corrected chi connectivity index (χ3v) is 6.39. The van der Waals surface area contributed by atoms with E-state index in [0.29, 0.717) is 23.4 Å². The van der Waals surface area contributed by atoms with Gasteiger partial charge in [-0.1, -0.05) is 38.8 Å². The van der Waals surface area contributed by atoms with Gasteiger partial charge in [0, 0.05) is 25.4 Å². The number of nitrogens with one attached hydrogen (secondary N) is 2. The van der Waals surface area contributed by atoms with Crippen molar-refractivity contribution in [2.24, 2.45) is 10.9 Å². The number of aliphatic imine (C=N–C) groups is 1. The van der Waals surface area contributed by atoms with Gasteiger partial charge in [0.25, 0.3) is 0 Å². The van der Waals surface area contributed by atoms with Gasteiger partial charge in [0.05, 0.1) is 11.4 Å². The lowest BCUT2D eigenvalue weighted by Crippen LogP contribution is -2.48. The first-order valence-corrected chi connectivity index (χ1v) is 12.0. The highest BCUT2D eigenvalue weighted by molar-refractivity contribution is 7.90. The van der Waals surface area contributed by atoms with Crippen LogP contribution < -0.4 is 10.6 Å². The van der Waals surface area contributed by atoms with E-state index < -0.39 is 9.84 Å². The second kappa shape index (κ2) is 11.4. The van der Waals surface area contributed by atoms with E-state index in [1.165, 1.54) is 6.26 Å². The second-order valence-electron chi connectivity index (χ2n) is 7.56. The van der Waals surface area contributed by atoms with Gasteiger partial charge in [0.15, 0.2) is 15.8 Å². The molecule has 0 spiro atoms. The lowest BCUT2D eigenvalue weighted by molar-refractivity contribution is 0.200. The average molecular weight is 411 g/mol. The van der Waals surface area contributed by atoms with Gasteiger partial charge in [-0.3, -0.25) is 0 Å². The molecule has 0 bridgehead atoms. The first-order valence-electron chi connectivity index (χ1n) is 10.1. The predicted molar refractivity (Wildman–Crippen MR) is 119 cm³/mol. The Kier molecular flexibility index (Phi) is 9.96. The molecule has 2 N–H and O–H groups in total. The highest BCUT2D eigenvalue weighted by atomic mass is 32.2. The van der Waals surface area contributed by atoms with Gasteiger partial charge < -0.3 is 15.5 Å². The predicted octanol–water partition coefficient (Wildman–Crippen LogP) is 2.82. The van der Waals surface area contributed by atoms with E-state index in [1.807, 2.05) is 26.0 Å². The van der Waals surface area contributed by atoms with Crippen molar-refractivity contribution in [1.82, 2.24) is 15.5 Å². The molecular weight excluding hydrogens is 372 g/mol. The molecule has 160 valence electrons. The molecule has 0 fully saturated rings. The molecule has 0 aliphatic heterocycles. The molecule has 1 rings (SSSR count). The van der Waals surface area contributed by atoms with Crippen LogP contribution in [0.25, 0.3) is 0 Å². The molecule has 1 aromatic carbocycles. The fourth-order valence-electron chi connectivity index (χ4n) is 3.54. The van der Waals surface area contributed by atoms with Crippen molar-refractivity contribution >= 4 is 15.8 Å². The zero-order valence-corrected chi connectivity index (χ0v) is 19.4. The Balaban J connectivity index is 2.88. The molecule has 0 amide bonds. The molecule has 7 heteroatoms. The maximum absolute atomic E-state index is 11.8. The minimum absolute atomic E-state index is 0.379. The molecule has 1 atom stereocenters. The topological polar surface area (TPSA) is 73.8 Å². The highest BCUT2D eigenvalue weighted by Gasteiger charge is 2.20. The molecule has 1 aromatic rings. The van der Waals surface area contributed by atoms with E-state index in [0.717, 1.165) is 43.0 Å². The van der Waals surface area contributed by atoms with Crippen LogP contribution in [0.15, 0.2) is 28.1 Å². The van der Waals surface area contributed by atoms with Crippen molar-refractivity contribution in [3.05, 3.63) is 29.3 Å². The zero-order valence-electron chi connectivity index (χ0n) is 18.5. The standard InChI is InChI=1S/C21H38N4O2S/c1-8-18(9-2)19(25(5)6)15-24-21(22-10-3)23-14-17-11-12-20(16(4)13-17)28(7,26)27/h11-13,18-19H,8-10,14-15H2,1-7H3,(H2,22,23,24). The van der Waals surface area contributed by atoms with Gasteiger partial charge in [0.1, 0.15) is 0 Å². The summed E-state index contributed by atoms with van der Waals surface area (Å²) in [7, 11) is 1.06. The SMILES string of the molecule is CCNC(=NCc1ccc(S(C)(=O)=O)c(C)c1)NCC(C(CC)CC)N(C)C. The van der Waals surface area contributed by atoms with Crippen molar-refractivity contribution < 1.29 is 8.42 Å². The van der Waals surface area contributed by atoms with Crippen molar-refractivity contribution in [2.45, 2.75) is 58.0 Å². The van der Waals surface area contributed by atoms with Crippen LogP contribution in [-0.2, 0) is 16.4 Å². The molecular formula is C21H38N4O2S. The van der Waals surface area contributed by atoms with Crippen LogP contribution >= 0.6 is 0 Å². The molecule has 0 aliphatic carbocycles. The fraction of sp³-hybridized carbons (Fsp3) is 0.667. The summed E-state index contributed by atoms with van der Waals surface area (Å²) in [6, 6.07) is 5.85. The summed E-state index contributed by atoms with van der Waals surface area (Å²) in [5.41, 5.74) is 1.75. The summed E-state index contributed by atoms with van der Waals surface area (Å²) in [5, 5.41) is 6.77. The number of sulfone groups is 1. The van der Waals surface area contributed by atoms with Crippen LogP contribution in [0.5, 0.6) is 0 Å². The van der Waals surface area contributed by atoms with Crippen LogP contribution in [0.3, 0.4) is 0 Å². The minimum atomic E-state index is -3.19. The lowest BCUT2D eigenvalue weighted by atomic mass is 9.93. The monoisotopic (exact) mass is 410 g/mol. The number of hydrogen-bond donors (Lipinski definition) is 2. The Bertz CT molecular complexity index is 741. The van der Waals surface area contributed by atoms with Gasteiger partial charge >= 0.3 is 0 Å². The molecule has 6 nitrogen and oxygen atoms in total. The smallest absolute Gasteiger partial charge is 0.191 e. The van der Waals surface area contributed by atoms with Crippen LogP contribution in [0.2, 0.25) is 0 Å². The number of benzene rings is 1. The van der Waals surface area contributed by atoms with E-state index in [4.69, 9.17) is 0 Å². The zero-order chi connectivity index (χ0) is 21.3. The van der Waals surface area contributed by atoms with Gasteiger partial charge in [-0.25, -0.2) is 13.4 Å². The molecule has 0 saturated carbocycles. The van der Waals surface area contributed by atoms with Crippen molar-refractivity contribution in [3.8, 4) is 0 Å². The minimum Gasteiger partial charge on any atom is -0.357 e. The first kappa shape index (κ1) is 24.4. The van der Waals surface area contributed by atoms with Crippen molar-refractivity contribution in [3.63, 3.8) is 0 Å². The maximum atomic E-state index is 11.8. The van der Waals surface area contributed by atoms with E-state index >= 15 is 0 Å². The van der Waals surface area contributed by atoms with E-state index in [9.17, 15) is 8.42 Å². The number of hydrogen-bond acceptors (Lipinski definition) is 4. The van der Waals surface area contributed by atoms with Crippen LogP contribution in [0.1, 0.15) is 44.7 Å². The Labute approximate surface area is 171 Å². The molecule has 0 aromatic heterocycles. The Hall–Kier alpha value is -1.60. The van der Waals surface area contributed by atoms with E-state index in [1.54, 1.807) is 6.07 Å². The number of likely N-dealkylation sites (N-methyl/N-ethyl adjacent to an activating group) is 1.